The summed E-state index contributed by atoms with van der Waals surface area (Å²) in [5.74, 6) is 0. The van der Waals surface area contributed by atoms with Crippen molar-refractivity contribution in [2.75, 3.05) is 13.1 Å². The molecule has 0 amide bonds. The van der Waals surface area contributed by atoms with Crippen molar-refractivity contribution in [2.45, 2.75) is 39.2 Å². The van der Waals surface area contributed by atoms with Crippen molar-refractivity contribution in [3.63, 3.8) is 0 Å². The molecule has 0 unspecified atom stereocenters. The fourth-order valence-electron chi connectivity index (χ4n) is 2.00. The molecule has 0 saturated heterocycles. The Kier molecular flexibility index (Phi) is 17.8. The molecule has 0 heterocycles. The molecule has 0 N–H and O–H groups in total. The first-order chi connectivity index (χ1) is 5.23. The summed E-state index contributed by atoms with van der Waals surface area (Å²) in [6.45, 7) is 9.20. The van der Waals surface area contributed by atoms with Crippen LogP contribution in [0.4, 0.5) is 0 Å². The number of hydrogen-bond acceptors (Lipinski definition) is 1. The van der Waals surface area contributed by atoms with Gasteiger partial charge in [0.2, 0.25) is 0 Å². The quantitative estimate of drug-likeness (QED) is 0.521. The summed E-state index contributed by atoms with van der Waals surface area (Å²) >= 11 is 0. The Morgan fingerprint density at radius 2 is 1.33 bits per heavy atom. The van der Waals surface area contributed by atoms with Gasteiger partial charge in [-0.3, -0.25) is 4.90 Å². The van der Waals surface area contributed by atoms with Gasteiger partial charge in [-0.15, -0.1) is 0 Å². The second kappa shape index (κ2) is 10.9. The largest absolute Gasteiger partial charge is 4.00 e. The second-order valence-corrected chi connectivity index (χ2v) is 3.55. The minimum absolute atomic E-state index is 0. The van der Waals surface area contributed by atoms with Gasteiger partial charge in [-0.2, -0.15) is 0 Å². The summed E-state index contributed by atoms with van der Waals surface area (Å²) in [6.07, 6.45) is 7.07. The van der Waals surface area contributed by atoms with Crippen molar-refractivity contribution in [3.8, 4) is 0 Å². The van der Waals surface area contributed by atoms with Crippen LogP contribution in [0.25, 0.3) is 0 Å². The molecule has 94 valence electrons. The first kappa shape index (κ1) is 24.6. The maximum atomic E-state index is 2.55. The van der Waals surface area contributed by atoms with Gasteiger partial charge in [0, 0.05) is 5.54 Å². The van der Waals surface area contributed by atoms with Gasteiger partial charge in [-0.05, 0) is 32.9 Å². The molecular formula is C13H28NPt+. The molecule has 1 nitrogen and oxygen atoms in total. The Morgan fingerprint density at radius 3 is 1.60 bits per heavy atom. The Hall–Kier alpha value is 0.388. The molecular weight excluding hydrogens is 365 g/mol. The predicted octanol–water partition coefficient (Wildman–Crippen LogP) is 3.79. The SMILES string of the molecule is CCN(CC)C1(C)CC=CC1.[CH3-].[CH3-].[CH3-].[Pt+4]. The number of hydrogen-bond donors (Lipinski definition) is 0. The van der Waals surface area contributed by atoms with E-state index >= 15 is 0 Å². The number of rotatable bonds is 3. The van der Waals surface area contributed by atoms with Crippen LogP contribution in [0.2, 0.25) is 0 Å². The van der Waals surface area contributed by atoms with E-state index in [9.17, 15) is 0 Å². The zero-order chi connectivity index (χ0) is 8.32. The third kappa shape index (κ3) is 5.87. The molecule has 0 aromatic heterocycles. The molecule has 0 saturated carbocycles. The van der Waals surface area contributed by atoms with Crippen LogP contribution in [-0.2, 0) is 21.1 Å². The Morgan fingerprint density at radius 1 is 1.00 bits per heavy atom. The smallest absolute Gasteiger partial charge is 0.358 e. The van der Waals surface area contributed by atoms with Crippen LogP contribution in [0, 0.1) is 22.3 Å². The minimum atomic E-state index is 0. The van der Waals surface area contributed by atoms with E-state index in [4.69, 9.17) is 0 Å². The van der Waals surface area contributed by atoms with Crippen LogP contribution >= 0.6 is 0 Å². The summed E-state index contributed by atoms with van der Waals surface area (Å²) < 4.78 is 0. The molecule has 0 radical (unpaired) electrons. The molecule has 0 aliphatic heterocycles. The van der Waals surface area contributed by atoms with Gasteiger partial charge < -0.3 is 22.3 Å². The van der Waals surface area contributed by atoms with Crippen molar-refractivity contribution < 1.29 is 21.1 Å². The van der Waals surface area contributed by atoms with Gasteiger partial charge in [0.15, 0.2) is 0 Å². The van der Waals surface area contributed by atoms with E-state index in [1.165, 1.54) is 25.9 Å². The normalized spacial score (nSPS) is 15.7. The third-order valence-corrected chi connectivity index (χ3v) is 2.81. The van der Waals surface area contributed by atoms with E-state index in [1.54, 1.807) is 0 Å². The predicted molar refractivity (Wildman–Crippen MR) is 68.9 cm³/mol. The topological polar surface area (TPSA) is 3.24 Å². The van der Waals surface area contributed by atoms with E-state index in [-0.39, 0.29) is 43.3 Å². The van der Waals surface area contributed by atoms with Crippen molar-refractivity contribution in [1.29, 1.82) is 0 Å². The molecule has 15 heavy (non-hydrogen) atoms. The zero-order valence-corrected chi connectivity index (χ0v) is 13.5. The van der Waals surface area contributed by atoms with E-state index in [0.29, 0.717) is 5.54 Å². The molecule has 1 rings (SSSR count). The molecule has 1 aliphatic rings. The molecule has 0 fully saturated rings. The summed E-state index contributed by atoms with van der Waals surface area (Å²) in [7, 11) is 0. The van der Waals surface area contributed by atoms with E-state index in [2.05, 4.69) is 37.8 Å². The summed E-state index contributed by atoms with van der Waals surface area (Å²) in [5, 5.41) is 0. The standard InChI is InChI=1S/C10H19N.3CH3.Pt/c1-4-11(5-2)10(3)8-6-7-9-10;;;;/h6-7H,4-5,8-9H2,1-3H3;3*1H3;/q;3*-1;+4. The molecule has 2 heteroatoms. The first-order valence-corrected chi connectivity index (χ1v) is 4.63. The molecule has 0 aromatic rings. The second-order valence-electron chi connectivity index (χ2n) is 3.55. The maximum absolute atomic E-state index is 2.55. The third-order valence-electron chi connectivity index (χ3n) is 2.81. The molecule has 0 atom stereocenters. The molecule has 0 bridgehead atoms. The maximum Gasteiger partial charge on any atom is 4.00 e. The van der Waals surface area contributed by atoms with Crippen molar-refractivity contribution in [3.05, 3.63) is 34.4 Å². The van der Waals surface area contributed by atoms with Crippen LogP contribution in [0.15, 0.2) is 12.2 Å². The van der Waals surface area contributed by atoms with Crippen molar-refractivity contribution in [2.24, 2.45) is 0 Å². The van der Waals surface area contributed by atoms with Crippen molar-refractivity contribution in [1.82, 2.24) is 4.90 Å². The van der Waals surface area contributed by atoms with Crippen LogP contribution in [0.5, 0.6) is 0 Å². The van der Waals surface area contributed by atoms with Gasteiger partial charge in [-0.1, -0.05) is 26.0 Å². The minimum Gasteiger partial charge on any atom is -0.358 e. The average Bonchev–Trinajstić information content (AvgIpc) is 2.39. The van der Waals surface area contributed by atoms with Gasteiger partial charge >= 0.3 is 21.1 Å². The summed E-state index contributed by atoms with van der Waals surface area (Å²) in [6, 6.07) is 0. The monoisotopic (exact) mass is 393 g/mol. The van der Waals surface area contributed by atoms with E-state index in [1.807, 2.05) is 0 Å². The first-order valence-electron chi connectivity index (χ1n) is 4.63. The van der Waals surface area contributed by atoms with Crippen LogP contribution in [0.3, 0.4) is 0 Å². The van der Waals surface area contributed by atoms with Gasteiger partial charge in [0.25, 0.3) is 0 Å². The molecule has 0 aromatic carbocycles. The van der Waals surface area contributed by atoms with Crippen LogP contribution in [0.1, 0.15) is 33.6 Å². The van der Waals surface area contributed by atoms with Crippen LogP contribution in [-0.4, -0.2) is 23.5 Å². The van der Waals surface area contributed by atoms with E-state index in [0.717, 1.165) is 0 Å². The Labute approximate surface area is 113 Å². The fourth-order valence-corrected chi connectivity index (χ4v) is 2.00. The molecule has 1 aliphatic carbocycles. The number of nitrogens with zero attached hydrogens (tertiary/aromatic N) is 1. The van der Waals surface area contributed by atoms with E-state index < -0.39 is 0 Å². The van der Waals surface area contributed by atoms with Gasteiger partial charge in [0.05, 0.1) is 0 Å². The van der Waals surface area contributed by atoms with Gasteiger partial charge in [0.1, 0.15) is 0 Å². The summed E-state index contributed by atoms with van der Waals surface area (Å²) in [4.78, 5) is 2.55. The summed E-state index contributed by atoms with van der Waals surface area (Å²) in [5.41, 5.74) is 0.434. The van der Waals surface area contributed by atoms with Crippen molar-refractivity contribution >= 4 is 0 Å². The fraction of sp³-hybridized carbons (Fsp3) is 0.615. The average molecular weight is 393 g/mol. The van der Waals surface area contributed by atoms with Crippen LogP contribution < -0.4 is 0 Å². The van der Waals surface area contributed by atoms with Gasteiger partial charge in [-0.25, -0.2) is 0 Å². The molecule has 0 spiro atoms. The Balaban J connectivity index is -0.000000151. The zero-order valence-electron chi connectivity index (χ0n) is 11.2. The Bertz CT molecular complexity index is 143.